The van der Waals surface area contributed by atoms with Gasteiger partial charge in [-0.3, -0.25) is 9.59 Å². The van der Waals surface area contributed by atoms with E-state index in [9.17, 15) is 19.2 Å². The van der Waals surface area contributed by atoms with Crippen molar-refractivity contribution in [2.24, 2.45) is 0 Å². The third-order valence-corrected chi connectivity index (χ3v) is 6.36. The second-order valence-corrected chi connectivity index (χ2v) is 9.35. The van der Waals surface area contributed by atoms with Crippen molar-refractivity contribution in [3.8, 4) is 0 Å². The van der Waals surface area contributed by atoms with Gasteiger partial charge in [-0.05, 0) is 37.1 Å². The number of benzene rings is 2. The summed E-state index contributed by atoms with van der Waals surface area (Å²) in [6, 6.07) is 8.78. The van der Waals surface area contributed by atoms with Gasteiger partial charge in [0.25, 0.3) is 0 Å². The number of hydrogen-bond acceptors (Lipinski definition) is 6. The lowest BCUT2D eigenvalue weighted by atomic mass is 9.99. The van der Waals surface area contributed by atoms with Gasteiger partial charge in [0.15, 0.2) is 11.6 Å². The standard InChI is InChI=1S/C28H32Cl2O6/c1-3-5-7-9-17-23(31)25-19(13-11-15-21(25)29)27(33)35-36-28(34)20-14-12-16-22(30)26(20)24(32)18-10-8-6-4-2/h11-16H,3-10,17-18H2,1-2H3. The number of carbonyl (C=O) groups excluding carboxylic acids is 4. The van der Waals surface area contributed by atoms with Crippen molar-refractivity contribution in [1.29, 1.82) is 0 Å². The predicted octanol–water partition coefficient (Wildman–Crippen LogP) is 8.23. The summed E-state index contributed by atoms with van der Waals surface area (Å²) in [6.45, 7) is 4.14. The Bertz CT molecular complexity index is 994. The van der Waals surface area contributed by atoms with Crippen LogP contribution in [0.5, 0.6) is 0 Å². The first-order valence-corrected chi connectivity index (χ1v) is 13.1. The predicted molar refractivity (Wildman–Crippen MR) is 140 cm³/mol. The molecule has 0 aliphatic rings. The summed E-state index contributed by atoms with van der Waals surface area (Å²) >= 11 is 12.4. The fourth-order valence-corrected chi connectivity index (χ4v) is 4.36. The summed E-state index contributed by atoms with van der Waals surface area (Å²) in [5, 5.41) is 0.226. The molecule has 0 radical (unpaired) electrons. The Balaban J connectivity index is 2.13. The molecule has 6 nitrogen and oxygen atoms in total. The van der Waals surface area contributed by atoms with Gasteiger partial charge >= 0.3 is 11.9 Å². The van der Waals surface area contributed by atoms with Gasteiger partial charge in [-0.15, -0.1) is 0 Å². The maximum Gasteiger partial charge on any atom is 0.387 e. The van der Waals surface area contributed by atoms with Crippen LogP contribution in [-0.4, -0.2) is 23.5 Å². The normalized spacial score (nSPS) is 10.7. The monoisotopic (exact) mass is 534 g/mol. The van der Waals surface area contributed by atoms with E-state index in [4.69, 9.17) is 33.0 Å². The number of halogens is 2. The summed E-state index contributed by atoms with van der Waals surface area (Å²) < 4.78 is 0. The molecule has 0 unspecified atom stereocenters. The molecule has 0 N–H and O–H groups in total. The molecule has 0 heterocycles. The first-order chi connectivity index (χ1) is 17.3. The summed E-state index contributed by atoms with van der Waals surface area (Å²) in [6.07, 6.45) is 7.67. The molecule has 0 atom stereocenters. The maximum absolute atomic E-state index is 12.7. The number of hydrogen-bond donors (Lipinski definition) is 0. The highest BCUT2D eigenvalue weighted by molar-refractivity contribution is 6.35. The van der Waals surface area contributed by atoms with Gasteiger partial charge in [0.2, 0.25) is 0 Å². The molecule has 0 spiro atoms. The summed E-state index contributed by atoms with van der Waals surface area (Å²) in [4.78, 5) is 60.5. The van der Waals surface area contributed by atoms with Crippen molar-refractivity contribution >= 4 is 46.7 Å². The van der Waals surface area contributed by atoms with Crippen LogP contribution < -0.4 is 0 Å². The summed E-state index contributed by atoms with van der Waals surface area (Å²) in [7, 11) is 0. The van der Waals surface area contributed by atoms with Crippen LogP contribution in [0.3, 0.4) is 0 Å². The largest absolute Gasteiger partial charge is 0.387 e. The molecule has 0 amide bonds. The lowest BCUT2D eigenvalue weighted by Gasteiger charge is -2.11. The van der Waals surface area contributed by atoms with Crippen LogP contribution in [0.2, 0.25) is 10.0 Å². The molecular weight excluding hydrogens is 503 g/mol. The molecule has 0 saturated heterocycles. The fourth-order valence-electron chi connectivity index (χ4n) is 3.80. The molecule has 0 bridgehead atoms. The second-order valence-electron chi connectivity index (χ2n) is 8.53. The van der Waals surface area contributed by atoms with Crippen molar-refractivity contribution in [3.05, 3.63) is 68.7 Å². The number of Topliss-reactive ketones (excluding diaryl/α,β-unsaturated/α-hetero) is 2. The zero-order chi connectivity index (χ0) is 26.5. The molecule has 8 heteroatoms. The topological polar surface area (TPSA) is 86.7 Å². The smallest absolute Gasteiger partial charge is 0.294 e. The molecule has 0 aromatic heterocycles. The molecule has 2 aromatic rings. The fraction of sp³-hybridized carbons (Fsp3) is 0.429. The van der Waals surface area contributed by atoms with E-state index in [1.165, 1.54) is 36.4 Å². The third-order valence-electron chi connectivity index (χ3n) is 5.73. The van der Waals surface area contributed by atoms with Crippen LogP contribution >= 0.6 is 23.2 Å². The molecule has 0 fully saturated rings. The van der Waals surface area contributed by atoms with Gasteiger partial charge in [0.05, 0.1) is 32.3 Å². The first-order valence-electron chi connectivity index (χ1n) is 12.4. The first kappa shape index (κ1) is 29.5. The van der Waals surface area contributed by atoms with E-state index in [2.05, 4.69) is 13.8 Å². The highest BCUT2D eigenvalue weighted by Crippen LogP contribution is 2.26. The van der Waals surface area contributed by atoms with Gasteiger partial charge in [0, 0.05) is 12.8 Å². The average molecular weight is 535 g/mol. The molecule has 194 valence electrons. The maximum atomic E-state index is 12.7. The minimum atomic E-state index is -1.04. The highest BCUT2D eigenvalue weighted by atomic mass is 35.5. The van der Waals surface area contributed by atoms with E-state index in [-0.39, 0.29) is 56.7 Å². The lowest BCUT2D eigenvalue weighted by Crippen LogP contribution is -2.17. The van der Waals surface area contributed by atoms with Gasteiger partial charge in [-0.1, -0.05) is 87.7 Å². The molecule has 0 aliphatic heterocycles. The van der Waals surface area contributed by atoms with E-state index >= 15 is 0 Å². The van der Waals surface area contributed by atoms with Crippen molar-refractivity contribution in [3.63, 3.8) is 0 Å². The van der Waals surface area contributed by atoms with E-state index in [0.717, 1.165) is 38.5 Å². The van der Waals surface area contributed by atoms with Crippen LogP contribution in [0.15, 0.2) is 36.4 Å². The van der Waals surface area contributed by atoms with Crippen LogP contribution in [0.1, 0.15) is 119 Å². The van der Waals surface area contributed by atoms with Crippen LogP contribution in [0, 0.1) is 0 Å². The van der Waals surface area contributed by atoms with Gasteiger partial charge < -0.3 is 0 Å². The number of rotatable bonds is 14. The van der Waals surface area contributed by atoms with Crippen molar-refractivity contribution in [2.45, 2.75) is 78.1 Å². The molecule has 36 heavy (non-hydrogen) atoms. The molecular formula is C28H32Cl2O6. The van der Waals surface area contributed by atoms with E-state index in [1.807, 2.05) is 0 Å². The van der Waals surface area contributed by atoms with Crippen molar-refractivity contribution in [1.82, 2.24) is 0 Å². The van der Waals surface area contributed by atoms with Gasteiger partial charge in [-0.25, -0.2) is 19.4 Å². The Morgan fingerprint density at radius 3 is 1.36 bits per heavy atom. The Kier molecular flexibility index (Phi) is 12.6. The molecule has 2 rings (SSSR count). The number of unbranched alkanes of at least 4 members (excludes halogenated alkanes) is 6. The Labute approximate surface area is 222 Å². The average Bonchev–Trinajstić information content (AvgIpc) is 2.86. The molecule has 0 saturated carbocycles. The van der Waals surface area contributed by atoms with E-state index in [0.29, 0.717) is 12.8 Å². The van der Waals surface area contributed by atoms with E-state index < -0.39 is 11.9 Å². The summed E-state index contributed by atoms with van der Waals surface area (Å²) in [5.41, 5.74) is -0.145. The van der Waals surface area contributed by atoms with E-state index in [1.54, 1.807) is 0 Å². The number of ketones is 2. The SMILES string of the molecule is CCCCCCC(=O)c1c(Cl)cccc1C(=O)OOC(=O)c1cccc(Cl)c1C(=O)CCCCCC. The van der Waals surface area contributed by atoms with Crippen LogP contribution in [0.25, 0.3) is 0 Å². The Morgan fingerprint density at radius 1 is 0.611 bits per heavy atom. The second kappa shape index (κ2) is 15.4. The number of carbonyl (C=O) groups is 4. The van der Waals surface area contributed by atoms with Crippen LogP contribution in [-0.2, 0) is 9.78 Å². The minimum Gasteiger partial charge on any atom is -0.294 e. The quantitative estimate of drug-likeness (QED) is 0.105. The Morgan fingerprint density at radius 2 is 1.00 bits per heavy atom. The van der Waals surface area contributed by atoms with Crippen LogP contribution in [0.4, 0.5) is 0 Å². The van der Waals surface area contributed by atoms with Gasteiger partial charge in [-0.2, -0.15) is 0 Å². The van der Waals surface area contributed by atoms with Crippen molar-refractivity contribution in [2.75, 3.05) is 0 Å². The zero-order valence-electron chi connectivity index (χ0n) is 20.7. The Hall–Kier alpha value is -2.70. The lowest BCUT2D eigenvalue weighted by molar-refractivity contribution is -0.187. The third kappa shape index (κ3) is 8.45. The van der Waals surface area contributed by atoms with Crippen molar-refractivity contribution < 1.29 is 29.0 Å². The minimum absolute atomic E-state index is 0.0300. The zero-order valence-corrected chi connectivity index (χ0v) is 22.3. The van der Waals surface area contributed by atoms with Gasteiger partial charge in [0.1, 0.15) is 0 Å². The molecule has 0 aliphatic carbocycles. The molecule has 2 aromatic carbocycles. The highest BCUT2D eigenvalue weighted by Gasteiger charge is 2.25. The summed E-state index contributed by atoms with van der Waals surface area (Å²) in [5.74, 6) is -2.67.